The van der Waals surface area contributed by atoms with Gasteiger partial charge in [0, 0.05) is 26.3 Å². The molecule has 0 spiro atoms. The van der Waals surface area contributed by atoms with E-state index in [0.717, 1.165) is 5.56 Å². The minimum Gasteiger partial charge on any atom is -0.493 e. The molecule has 0 aliphatic heterocycles. The maximum absolute atomic E-state index is 12.4. The molecule has 0 fully saturated rings. The van der Waals surface area contributed by atoms with Crippen LogP contribution in [-0.4, -0.2) is 64.4 Å². The highest BCUT2D eigenvalue weighted by Crippen LogP contribution is 2.27. The highest BCUT2D eigenvalue weighted by molar-refractivity contribution is 5.92. The third-order valence-corrected chi connectivity index (χ3v) is 3.59. The molecular formula is C19H27NO6. The Morgan fingerprint density at radius 3 is 2.42 bits per heavy atom. The molecule has 0 saturated carbocycles. The summed E-state index contributed by atoms with van der Waals surface area (Å²) in [6.07, 6.45) is 3.30. The first-order valence-corrected chi connectivity index (χ1v) is 8.39. The van der Waals surface area contributed by atoms with Crippen LogP contribution in [0.5, 0.6) is 11.5 Å². The summed E-state index contributed by atoms with van der Waals surface area (Å²) in [4.78, 5) is 25.5. The van der Waals surface area contributed by atoms with Gasteiger partial charge < -0.3 is 23.8 Å². The average molecular weight is 365 g/mol. The summed E-state index contributed by atoms with van der Waals surface area (Å²) in [5, 5.41) is 0. The van der Waals surface area contributed by atoms with E-state index in [1.54, 1.807) is 51.4 Å². The normalized spacial score (nSPS) is 10.6. The zero-order valence-electron chi connectivity index (χ0n) is 15.8. The first-order chi connectivity index (χ1) is 12.5. The van der Waals surface area contributed by atoms with Crippen LogP contribution in [0.3, 0.4) is 0 Å². The predicted molar refractivity (Wildman–Crippen MR) is 98.3 cm³/mol. The van der Waals surface area contributed by atoms with E-state index in [4.69, 9.17) is 18.9 Å². The number of carbonyl (C=O) groups excluding carboxylic acids is 2. The van der Waals surface area contributed by atoms with Crippen LogP contribution in [0.4, 0.5) is 0 Å². The molecule has 0 bridgehead atoms. The highest BCUT2D eigenvalue weighted by Gasteiger charge is 2.13. The molecule has 0 saturated heterocycles. The largest absolute Gasteiger partial charge is 0.493 e. The number of nitrogens with zero attached hydrogens (tertiary/aromatic N) is 1. The van der Waals surface area contributed by atoms with Gasteiger partial charge in [-0.3, -0.25) is 9.59 Å². The quantitative estimate of drug-likeness (QED) is 0.442. The van der Waals surface area contributed by atoms with E-state index in [-0.39, 0.29) is 24.8 Å². The summed E-state index contributed by atoms with van der Waals surface area (Å²) in [7, 11) is 4.68. The molecule has 0 atom stereocenters. The lowest BCUT2D eigenvalue weighted by atomic mass is 10.2. The lowest BCUT2D eigenvalue weighted by Crippen LogP contribution is -2.34. The standard InChI is InChI=1S/C19H27NO6/c1-5-26-19(22)10-11-20(12-13-23-2)18(21)9-7-15-6-8-16(24-3)17(14-15)25-4/h6-9,14H,5,10-13H2,1-4H3/b9-7+. The number of rotatable bonds is 11. The van der Waals surface area contributed by atoms with Gasteiger partial charge in [0.25, 0.3) is 0 Å². The van der Waals surface area contributed by atoms with Gasteiger partial charge in [-0.05, 0) is 30.7 Å². The SMILES string of the molecule is CCOC(=O)CCN(CCOC)C(=O)/C=C/c1ccc(OC)c(OC)c1. The Morgan fingerprint density at radius 2 is 1.81 bits per heavy atom. The monoisotopic (exact) mass is 365 g/mol. The first kappa shape index (κ1) is 21.5. The summed E-state index contributed by atoms with van der Waals surface area (Å²) in [5.74, 6) is 0.667. The van der Waals surface area contributed by atoms with Crippen molar-refractivity contribution in [2.24, 2.45) is 0 Å². The molecule has 0 unspecified atom stereocenters. The van der Waals surface area contributed by atoms with Crippen molar-refractivity contribution in [3.8, 4) is 11.5 Å². The Labute approximate surface area is 154 Å². The molecule has 0 aromatic heterocycles. The smallest absolute Gasteiger partial charge is 0.307 e. The predicted octanol–water partition coefficient (Wildman–Crippen LogP) is 2.15. The van der Waals surface area contributed by atoms with Gasteiger partial charge in [0.1, 0.15) is 0 Å². The number of methoxy groups -OCH3 is 3. The van der Waals surface area contributed by atoms with Crippen molar-refractivity contribution >= 4 is 18.0 Å². The van der Waals surface area contributed by atoms with Gasteiger partial charge in [0.05, 0.1) is 33.9 Å². The molecule has 1 rings (SSSR count). The van der Waals surface area contributed by atoms with E-state index in [9.17, 15) is 9.59 Å². The van der Waals surface area contributed by atoms with Gasteiger partial charge in [-0.25, -0.2) is 0 Å². The molecule has 0 N–H and O–H groups in total. The second kappa shape index (κ2) is 11.9. The Kier molecular flexibility index (Phi) is 9.86. The van der Waals surface area contributed by atoms with Crippen LogP contribution in [0.25, 0.3) is 6.08 Å². The number of hydrogen-bond acceptors (Lipinski definition) is 6. The van der Waals surface area contributed by atoms with E-state index < -0.39 is 0 Å². The van der Waals surface area contributed by atoms with Crippen molar-refractivity contribution in [2.45, 2.75) is 13.3 Å². The number of benzene rings is 1. The van der Waals surface area contributed by atoms with Gasteiger partial charge in [-0.15, -0.1) is 0 Å². The van der Waals surface area contributed by atoms with E-state index in [1.807, 2.05) is 6.07 Å². The summed E-state index contributed by atoms with van der Waals surface area (Å²) in [6, 6.07) is 5.37. The fourth-order valence-corrected chi connectivity index (χ4v) is 2.22. The number of carbonyl (C=O) groups is 2. The summed E-state index contributed by atoms with van der Waals surface area (Å²) in [5.41, 5.74) is 0.799. The maximum Gasteiger partial charge on any atom is 0.307 e. The van der Waals surface area contributed by atoms with Gasteiger partial charge in [-0.1, -0.05) is 6.07 Å². The second-order valence-corrected chi connectivity index (χ2v) is 5.32. The van der Waals surface area contributed by atoms with Crippen LogP contribution in [0.15, 0.2) is 24.3 Å². The van der Waals surface area contributed by atoms with Crippen molar-refractivity contribution in [1.29, 1.82) is 0 Å². The number of amides is 1. The van der Waals surface area contributed by atoms with Crippen molar-refractivity contribution in [1.82, 2.24) is 4.90 Å². The molecule has 26 heavy (non-hydrogen) atoms. The van der Waals surface area contributed by atoms with Gasteiger partial charge >= 0.3 is 5.97 Å². The van der Waals surface area contributed by atoms with Crippen LogP contribution < -0.4 is 9.47 Å². The Balaban J connectivity index is 2.77. The highest BCUT2D eigenvalue weighted by atomic mass is 16.5. The van der Waals surface area contributed by atoms with Crippen molar-refractivity contribution in [3.63, 3.8) is 0 Å². The lowest BCUT2D eigenvalue weighted by Gasteiger charge is -2.20. The minimum absolute atomic E-state index is 0.146. The molecule has 0 aliphatic carbocycles. The van der Waals surface area contributed by atoms with E-state index >= 15 is 0 Å². The molecule has 1 amide bonds. The average Bonchev–Trinajstić information content (AvgIpc) is 2.66. The molecular weight excluding hydrogens is 338 g/mol. The van der Waals surface area contributed by atoms with Gasteiger partial charge in [0.2, 0.25) is 5.91 Å². The first-order valence-electron chi connectivity index (χ1n) is 8.39. The van der Waals surface area contributed by atoms with Crippen LogP contribution in [-0.2, 0) is 19.1 Å². The molecule has 1 aromatic rings. The summed E-state index contributed by atoms with van der Waals surface area (Å²) >= 11 is 0. The van der Waals surface area contributed by atoms with Crippen molar-refractivity contribution in [3.05, 3.63) is 29.8 Å². The molecule has 1 aromatic carbocycles. The third-order valence-electron chi connectivity index (χ3n) is 3.59. The molecule has 0 radical (unpaired) electrons. The fraction of sp³-hybridized carbons (Fsp3) is 0.474. The van der Waals surface area contributed by atoms with Crippen LogP contribution in [0.2, 0.25) is 0 Å². The summed E-state index contributed by atoms with van der Waals surface area (Å²) < 4.78 is 20.4. The van der Waals surface area contributed by atoms with Gasteiger partial charge in [0.15, 0.2) is 11.5 Å². The molecule has 144 valence electrons. The Morgan fingerprint density at radius 1 is 1.08 bits per heavy atom. The van der Waals surface area contributed by atoms with E-state index in [2.05, 4.69) is 0 Å². The fourth-order valence-electron chi connectivity index (χ4n) is 2.22. The Hall–Kier alpha value is -2.54. The third kappa shape index (κ3) is 7.14. The molecule has 7 nitrogen and oxygen atoms in total. The molecule has 0 heterocycles. The summed E-state index contributed by atoms with van der Waals surface area (Å²) in [6.45, 7) is 3.13. The second-order valence-electron chi connectivity index (χ2n) is 5.32. The van der Waals surface area contributed by atoms with E-state index in [0.29, 0.717) is 31.3 Å². The maximum atomic E-state index is 12.4. The Bertz CT molecular complexity index is 614. The molecule has 7 heteroatoms. The van der Waals surface area contributed by atoms with Crippen molar-refractivity contribution < 1.29 is 28.5 Å². The minimum atomic E-state index is -0.327. The van der Waals surface area contributed by atoms with Crippen LogP contribution in [0, 0.1) is 0 Å². The topological polar surface area (TPSA) is 74.3 Å². The zero-order valence-corrected chi connectivity index (χ0v) is 15.8. The van der Waals surface area contributed by atoms with Crippen LogP contribution in [0.1, 0.15) is 18.9 Å². The zero-order chi connectivity index (χ0) is 19.4. The molecule has 0 aliphatic rings. The van der Waals surface area contributed by atoms with Crippen molar-refractivity contribution in [2.75, 3.05) is 47.6 Å². The lowest BCUT2D eigenvalue weighted by molar-refractivity contribution is -0.143. The van der Waals surface area contributed by atoms with Crippen LogP contribution >= 0.6 is 0 Å². The number of hydrogen-bond donors (Lipinski definition) is 0. The number of ether oxygens (including phenoxy) is 4. The van der Waals surface area contributed by atoms with Gasteiger partial charge in [-0.2, -0.15) is 0 Å². The number of esters is 1. The van der Waals surface area contributed by atoms with E-state index in [1.165, 1.54) is 6.08 Å².